The van der Waals surface area contributed by atoms with Gasteiger partial charge in [0.25, 0.3) is 0 Å². The van der Waals surface area contributed by atoms with Gasteiger partial charge < -0.3 is 10.0 Å². The molecule has 10 heteroatoms. The highest BCUT2D eigenvalue weighted by Gasteiger charge is 2.29. The zero-order valence-corrected chi connectivity index (χ0v) is 18.9. The number of rotatable bonds is 5. The number of alkyl halides is 3. The van der Waals surface area contributed by atoms with E-state index in [0.29, 0.717) is 5.69 Å². The number of fused-ring (bicyclic) bond motifs is 1. The van der Waals surface area contributed by atoms with Crippen molar-refractivity contribution in [1.29, 1.82) is 0 Å². The minimum absolute atomic E-state index is 0.00473. The van der Waals surface area contributed by atoms with Crippen LogP contribution in [0.5, 0.6) is 5.88 Å². The first-order chi connectivity index (χ1) is 15.5. The second kappa shape index (κ2) is 8.51. The molecule has 0 fully saturated rings. The van der Waals surface area contributed by atoms with Crippen molar-refractivity contribution in [2.75, 3.05) is 19.0 Å². The molecule has 0 amide bonds. The van der Waals surface area contributed by atoms with Crippen molar-refractivity contribution >= 4 is 28.4 Å². The molecule has 0 radical (unpaired) electrons. The van der Waals surface area contributed by atoms with Crippen molar-refractivity contribution in [2.24, 2.45) is 0 Å². The van der Waals surface area contributed by atoms with Gasteiger partial charge in [-0.3, -0.25) is 9.55 Å². The van der Waals surface area contributed by atoms with Crippen molar-refractivity contribution in [2.45, 2.75) is 23.9 Å². The average molecular weight is 475 g/mol. The molecule has 0 aliphatic rings. The monoisotopic (exact) mass is 474 g/mol. The van der Waals surface area contributed by atoms with E-state index in [1.807, 2.05) is 43.3 Å². The van der Waals surface area contributed by atoms with Crippen LogP contribution in [0.2, 0.25) is 0 Å². The fourth-order valence-corrected chi connectivity index (χ4v) is 4.17. The standard InChI is InChI=1S/C23H21F3N4O2S/c1-14-21(31)30(16-4-7-18(8-5-16)33-23(24,25)26)22(32)29(14)13-15-10-11-27-20-9-6-17(28(2)3)12-19(15)20/h4-12,31H,13H2,1-3H3. The predicted molar refractivity (Wildman–Crippen MR) is 124 cm³/mol. The van der Waals surface area contributed by atoms with Gasteiger partial charge in [-0.1, -0.05) is 0 Å². The topological polar surface area (TPSA) is 63.3 Å². The molecule has 172 valence electrons. The molecule has 0 saturated heterocycles. The lowest BCUT2D eigenvalue weighted by Crippen LogP contribution is -2.24. The first kappa shape index (κ1) is 22.8. The molecule has 0 aliphatic heterocycles. The number of thioether (sulfide) groups is 1. The number of halogens is 3. The lowest BCUT2D eigenvalue weighted by Gasteiger charge is -2.14. The number of nitrogens with zero attached hydrogens (tertiary/aromatic N) is 4. The second-order valence-corrected chi connectivity index (χ2v) is 8.86. The minimum Gasteiger partial charge on any atom is -0.493 e. The number of hydrogen-bond donors (Lipinski definition) is 1. The lowest BCUT2D eigenvalue weighted by atomic mass is 10.1. The Kier molecular flexibility index (Phi) is 5.87. The molecule has 4 rings (SSSR count). The normalized spacial score (nSPS) is 11.8. The third kappa shape index (κ3) is 4.56. The number of hydrogen-bond acceptors (Lipinski definition) is 5. The summed E-state index contributed by atoms with van der Waals surface area (Å²) in [5.74, 6) is -0.261. The summed E-state index contributed by atoms with van der Waals surface area (Å²) < 4.78 is 40.3. The molecule has 4 aromatic rings. The maximum Gasteiger partial charge on any atom is 0.446 e. The van der Waals surface area contributed by atoms with Gasteiger partial charge in [0.15, 0.2) is 0 Å². The first-order valence-electron chi connectivity index (χ1n) is 9.97. The van der Waals surface area contributed by atoms with Gasteiger partial charge >= 0.3 is 11.2 Å². The first-order valence-corrected chi connectivity index (χ1v) is 10.8. The number of imidazole rings is 1. The molecule has 2 aromatic heterocycles. The molecule has 0 spiro atoms. The number of pyridine rings is 1. The molecule has 2 heterocycles. The van der Waals surface area contributed by atoms with Crippen molar-refractivity contribution < 1.29 is 18.3 Å². The highest BCUT2D eigenvalue weighted by atomic mass is 32.2. The van der Waals surface area contributed by atoms with E-state index >= 15 is 0 Å². The Morgan fingerprint density at radius 2 is 1.79 bits per heavy atom. The maximum absolute atomic E-state index is 13.2. The predicted octanol–water partition coefficient (Wildman–Crippen LogP) is 4.93. The number of aromatic hydroxyl groups is 1. The average Bonchev–Trinajstić information content (AvgIpc) is 2.96. The van der Waals surface area contributed by atoms with Crippen molar-refractivity contribution in [3.05, 3.63) is 76.5 Å². The Bertz CT molecular complexity index is 1380. The zero-order chi connectivity index (χ0) is 23.9. The molecule has 0 unspecified atom stereocenters. The summed E-state index contributed by atoms with van der Waals surface area (Å²) in [5.41, 5.74) is -1.65. The van der Waals surface area contributed by atoms with Crippen LogP contribution in [0.3, 0.4) is 0 Å². The molecule has 33 heavy (non-hydrogen) atoms. The van der Waals surface area contributed by atoms with Crippen LogP contribution in [0.15, 0.2) is 64.4 Å². The van der Waals surface area contributed by atoms with E-state index in [1.165, 1.54) is 28.8 Å². The Labute approximate surface area is 191 Å². The van der Waals surface area contributed by atoms with E-state index in [-0.39, 0.29) is 34.8 Å². The Balaban J connectivity index is 1.74. The van der Waals surface area contributed by atoms with E-state index < -0.39 is 11.2 Å². The maximum atomic E-state index is 13.2. The molecular weight excluding hydrogens is 453 g/mol. The summed E-state index contributed by atoms with van der Waals surface area (Å²) in [6.07, 6.45) is 1.67. The quantitative estimate of drug-likeness (QED) is 0.416. The molecule has 2 aromatic carbocycles. The summed E-state index contributed by atoms with van der Waals surface area (Å²) in [6.45, 7) is 1.82. The van der Waals surface area contributed by atoms with E-state index in [9.17, 15) is 23.1 Å². The van der Waals surface area contributed by atoms with Gasteiger partial charge in [0, 0.05) is 36.3 Å². The van der Waals surface area contributed by atoms with E-state index in [2.05, 4.69) is 4.98 Å². The van der Waals surface area contributed by atoms with Crippen molar-refractivity contribution in [3.63, 3.8) is 0 Å². The third-order valence-electron chi connectivity index (χ3n) is 5.35. The lowest BCUT2D eigenvalue weighted by molar-refractivity contribution is -0.0328. The van der Waals surface area contributed by atoms with Crippen LogP contribution in [0, 0.1) is 6.92 Å². The number of anilines is 1. The smallest absolute Gasteiger partial charge is 0.446 e. The highest BCUT2D eigenvalue weighted by molar-refractivity contribution is 8.00. The van der Waals surface area contributed by atoms with Crippen LogP contribution in [0.4, 0.5) is 18.9 Å². The van der Waals surface area contributed by atoms with Crippen molar-refractivity contribution in [1.82, 2.24) is 14.1 Å². The fraction of sp³-hybridized carbons (Fsp3) is 0.217. The van der Waals surface area contributed by atoms with Crippen LogP contribution in [0.25, 0.3) is 16.6 Å². The van der Waals surface area contributed by atoms with Gasteiger partial charge in [-0.15, -0.1) is 0 Å². The Morgan fingerprint density at radius 3 is 2.42 bits per heavy atom. The van der Waals surface area contributed by atoms with Crippen molar-refractivity contribution in [3.8, 4) is 11.6 Å². The Hall–Kier alpha value is -3.40. The van der Waals surface area contributed by atoms with Gasteiger partial charge in [-0.25, -0.2) is 9.36 Å². The minimum atomic E-state index is -4.40. The van der Waals surface area contributed by atoms with Crippen LogP contribution < -0.4 is 10.6 Å². The zero-order valence-electron chi connectivity index (χ0n) is 18.1. The molecule has 0 saturated carbocycles. The van der Waals surface area contributed by atoms with Gasteiger partial charge in [0.05, 0.1) is 23.4 Å². The summed E-state index contributed by atoms with van der Waals surface area (Å²) in [4.78, 5) is 19.6. The number of aromatic nitrogens is 3. The van der Waals surface area contributed by atoms with E-state index in [1.54, 1.807) is 13.1 Å². The summed E-state index contributed by atoms with van der Waals surface area (Å²) in [5, 5.41) is 11.5. The largest absolute Gasteiger partial charge is 0.493 e. The molecule has 0 bridgehead atoms. The van der Waals surface area contributed by atoms with Gasteiger partial charge in [-0.2, -0.15) is 13.2 Å². The summed E-state index contributed by atoms with van der Waals surface area (Å²) >= 11 is -0.237. The van der Waals surface area contributed by atoms with E-state index in [4.69, 9.17) is 0 Å². The Morgan fingerprint density at radius 1 is 1.09 bits per heavy atom. The third-order valence-corrected chi connectivity index (χ3v) is 6.09. The molecular formula is C23H21F3N4O2S. The number of benzene rings is 2. The van der Waals surface area contributed by atoms with Gasteiger partial charge in [0.1, 0.15) is 0 Å². The highest BCUT2D eigenvalue weighted by Crippen LogP contribution is 2.37. The molecule has 0 atom stereocenters. The van der Waals surface area contributed by atoms with Crippen LogP contribution in [-0.2, 0) is 6.54 Å². The van der Waals surface area contributed by atoms with Crippen LogP contribution in [-0.4, -0.2) is 38.8 Å². The van der Waals surface area contributed by atoms with Crippen LogP contribution >= 0.6 is 11.8 Å². The summed E-state index contributed by atoms with van der Waals surface area (Å²) in [6, 6.07) is 13.0. The summed E-state index contributed by atoms with van der Waals surface area (Å²) in [7, 11) is 3.87. The van der Waals surface area contributed by atoms with Gasteiger partial charge in [-0.05, 0) is 72.8 Å². The SMILES string of the molecule is Cc1c(O)n(-c2ccc(SC(F)(F)F)cc2)c(=O)n1Cc1ccnc2ccc(N(C)C)cc12. The van der Waals surface area contributed by atoms with Gasteiger partial charge in [0.2, 0.25) is 5.88 Å². The second-order valence-electron chi connectivity index (χ2n) is 7.72. The van der Waals surface area contributed by atoms with Crippen LogP contribution in [0.1, 0.15) is 11.3 Å². The molecule has 6 nitrogen and oxygen atoms in total. The molecule has 1 N–H and O–H groups in total. The molecule has 0 aliphatic carbocycles. The van der Waals surface area contributed by atoms with E-state index in [0.717, 1.165) is 26.7 Å². The fourth-order valence-electron chi connectivity index (χ4n) is 3.63.